The number of benzene rings is 3. The van der Waals surface area contributed by atoms with Crippen LogP contribution in [0.5, 0.6) is 0 Å². The highest BCUT2D eigenvalue weighted by atomic mass is 79.9. The monoisotopic (exact) mass is 347 g/mol. The molecule has 0 amide bonds. The Balaban J connectivity index is 2.31. The maximum Gasteiger partial charge on any atom is 0.197 e. The minimum absolute atomic E-state index is 0.107. The van der Waals surface area contributed by atoms with Crippen LogP contribution in [0, 0.1) is 0 Å². The summed E-state index contributed by atoms with van der Waals surface area (Å²) in [5.74, 6) is 0. The quantitative estimate of drug-likeness (QED) is 0.363. The van der Waals surface area contributed by atoms with Gasteiger partial charge < -0.3 is 4.40 Å². The number of nitrogens with zero attached hydrogens (tertiary/aromatic N) is 1. The summed E-state index contributed by atoms with van der Waals surface area (Å²) in [5, 5.41) is 3.84. The van der Waals surface area contributed by atoms with E-state index >= 15 is 0 Å². The van der Waals surface area contributed by atoms with Gasteiger partial charge in [-0.15, -0.1) is 0 Å². The van der Waals surface area contributed by atoms with Crippen molar-refractivity contribution < 1.29 is 0 Å². The summed E-state index contributed by atoms with van der Waals surface area (Å²) in [6.45, 7) is 0. The van der Waals surface area contributed by atoms with Crippen LogP contribution in [0.2, 0.25) is 0 Å². The van der Waals surface area contributed by atoms with Crippen LogP contribution in [0.15, 0.2) is 69.9 Å². The second-order valence-corrected chi connectivity index (χ2v) is 6.46. The predicted octanol–water partition coefficient (Wildman–Crippen LogP) is 4.96. The van der Waals surface area contributed by atoms with Crippen LogP contribution >= 0.6 is 15.9 Å². The van der Waals surface area contributed by atoms with Gasteiger partial charge in [0.15, 0.2) is 5.43 Å². The van der Waals surface area contributed by atoms with E-state index in [1.165, 1.54) is 5.39 Å². The topological polar surface area (TPSA) is 21.5 Å². The van der Waals surface area contributed by atoms with Crippen LogP contribution in [0.4, 0.5) is 0 Å². The minimum atomic E-state index is 0.107. The Hall–Kier alpha value is -2.39. The van der Waals surface area contributed by atoms with Crippen molar-refractivity contribution >= 4 is 54.0 Å². The van der Waals surface area contributed by atoms with Gasteiger partial charge in [-0.1, -0.05) is 46.3 Å². The van der Waals surface area contributed by atoms with Gasteiger partial charge in [0.1, 0.15) is 0 Å². The van der Waals surface area contributed by atoms with Gasteiger partial charge in [-0.05, 0) is 30.3 Å². The summed E-state index contributed by atoms with van der Waals surface area (Å²) >= 11 is 3.56. The Bertz CT molecular complexity index is 1250. The summed E-state index contributed by atoms with van der Waals surface area (Å²) in [6.07, 6.45) is 0. The van der Waals surface area contributed by atoms with E-state index in [9.17, 15) is 4.79 Å². The lowest BCUT2D eigenvalue weighted by atomic mass is 10.1. The van der Waals surface area contributed by atoms with E-state index in [1.807, 2.05) is 42.5 Å². The third-order valence-corrected chi connectivity index (χ3v) is 4.88. The van der Waals surface area contributed by atoms with Crippen LogP contribution < -0.4 is 5.43 Å². The number of hydrogen-bond acceptors (Lipinski definition) is 1. The fourth-order valence-electron chi connectivity index (χ4n) is 3.48. The molecule has 0 radical (unpaired) electrons. The molecule has 22 heavy (non-hydrogen) atoms. The van der Waals surface area contributed by atoms with Crippen LogP contribution in [-0.4, -0.2) is 4.40 Å². The molecule has 2 heterocycles. The molecule has 0 N–H and O–H groups in total. The van der Waals surface area contributed by atoms with E-state index in [0.717, 1.165) is 37.2 Å². The first-order valence-corrected chi connectivity index (χ1v) is 7.92. The largest absolute Gasteiger partial charge is 0.308 e. The molecular formula is C19H10BrNO. The lowest BCUT2D eigenvalue weighted by Gasteiger charge is -2.06. The third-order valence-electron chi connectivity index (χ3n) is 4.38. The number of rotatable bonds is 0. The van der Waals surface area contributed by atoms with Gasteiger partial charge in [0.05, 0.1) is 16.6 Å². The van der Waals surface area contributed by atoms with Crippen molar-refractivity contribution in [1.29, 1.82) is 0 Å². The van der Waals surface area contributed by atoms with Gasteiger partial charge in [-0.3, -0.25) is 4.79 Å². The zero-order valence-corrected chi connectivity index (χ0v) is 13.1. The Kier molecular flexibility index (Phi) is 2.26. The molecule has 0 aliphatic heterocycles. The van der Waals surface area contributed by atoms with Crippen molar-refractivity contribution in [2.75, 3.05) is 0 Å². The molecule has 0 aliphatic rings. The molecular weight excluding hydrogens is 338 g/mol. The van der Waals surface area contributed by atoms with Crippen LogP contribution in [-0.2, 0) is 0 Å². The highest BCUT2D eigenvalue weighted by molar-refractivity contribution is 9.10. The van der Waals surface area contributed by atoms with E-state index in [4.69, 9.17) is 0 Å². The Morgan fingerprint density at radius 1 is 0.727 bits per heavy atom. The fourth-order valence-corrected chi connectivity index (χ4v) is 3.83. The van der Waals surface area contributed by atoms with Crippen LogP contribution in [0.3, 0.4) is 0 Å². The number of halogens is 1. The molecule has 5 rings (SSSR count). The first-order chi connectivity index (χ1) is 10.8. The summed E-state index contributed by atoms with van der Waals surface area (Å²) in [7, 11) is 0. The van der Waals surface area contributed by atoms with Crippen LogP contribution in [0.1, 0.15) is 0 Å². The van der Waals surface area contributed by atoms with Crippen molar-refractivity contribution in [3.8, 4) is 0 Å². The molecule has 5 aromatic rings. The summed E-state index contributed by atoms with van der Waals surface area (Å²) < 4.78 is 3.25. The molecule has 0 saturated carbocycles. The highest BCUT2D eigenvalue weighted by Gasteiger charge is 2.16. The number of pyridine rings is 1. The lowest BCUT2D eigenvalue weighted by Crippen LogP contribution is -2.05. The minimum Gasteiger partial charge on any atom is -0.308 e. The molecule has 0 spiro atoms. The van der Waals surface area contributed by atoms with Crippen molar-refractivity contribution in [3.63, 3.8) is 0 Å². The van der Waals surface area contributed by atoms with Crippen molar-refractivity contribution in [2.24, 2.45) is 0 Å². The van der Waals surface area contributed by atoms with E-state index in [2.05, 4.69) is 38.5 Å². The van der Waals surface area contributed by atoms with Gasteiger partial charge in [-0.2, -0.15) is 0 Å². The molecule has 0 aliphatic carbocycles. The molecule has 0 atom stereocenters. The third kappa shape index (κ3) is 1.37. The van der Waals surface area contributed by atoms with Crippen LogP contribution in [0.25, 0.3) is 38.1 Å². The van der Waals surface area contributed by atoms with Gasteiger partial charge >= 0.3 is 0 Å². The van der Waals surface area contributed by atoms with Crippen molar-refractivity contribution in [2.45, 2.75) is 0 Å². The molecule has 3 aromatic carbocycles. The second-order valence-electron chi connectivity index (χ2n) is 5.54. The molecule has 2 nitrogen and oxygen atoms in total. The number of fused-ring (bicyclic) bond motifs is 5. The molecule has 0 fully saturated rings. The van der Waals surface area contributed by atoms with E-state index in [1.54, 1.807) is 0 Å². The van der Waals surface area contributed by atoms with E-state index in [-0.39, 0.29) is 5.43 Å². The maximum atomic E-state index is 12.8. The van der Waals surface area contributed by atoms with Gasteiger partial charge in [0, 0.05) is 26.0 Å². The molecule has 2 aromatic heterocycles. The molecule has 104 valence electrons. The molecule has 3 heteroatoms. The molecule has 0 bridgehead atoms. The normalized spacial score (nSPS) is 12.0. The standard InChI is InChI=1S/C19H10BrNO/c20-11-8-9-12-13-5-3-6-15-18(13)21(17(12)10-11)16-7-2-1-4-14(16)19(15)22/h1-10H. The maximum absolute atomic E-state index is 12.8. The Morgan fingerprint density at radius 3 is 2.41 bits per heavy atom. The van der Waals surface area contributed by atoms with Crippen molar-refractivity contribution in [1.82, 2.24) is 4.40 Å². The van der Waals surface area contributed by atoms with E-state index in [0.29, 0.717) is 0 Å². The van der Waals surface area contributed by atoms with Crippen molar-refractivity contribution in [3.05, 3.63) is 75.4 Å². The SMILES string of the molecule is O=c1c2ccccc2n2c3cc(Br)ccc3c3cccc1c32. The zero-order valence-electron chi connectivity index (χ0n) is 11.5. The number of para-hydroxylation sites is 2. The summed E-state index contributed by atoms with van der Waals surface area (Å²) in [5.41, 5.74) is 3.20. The zero-order chi connectivity index (χ0) is 14.8. The number of hydrogen-bond donors (Lipinski definition) is 0. The Labute approximate surface area is 134 Å². The smallest absolute Gasteiger partial charge is 0.197 e. The van der Waals surface area contributed by atoms with Gasteiger partial charge in [0.25, 0.3) is 0 Å². The lowest BCUT2D eigenvalue weighted by molar-refractivity contribution is 1.34. The molecule has 0 saturated heterocycles. The Morgan fingerprint density at radius 2 is 1.50 bits per heavy atom. The molecule has 0 unspecified atom stereocenters. The fraction of sp³-hybridized carbons (Fsp3) is 0. The predicted molar refractivity (Wildman–Crippen MR) is 95.1 cm³/mol. The first-order valence-electron chi connectivity index (χ1n) is 7.12. The first kappa shape index (κ1) is 12.2. The van der Waals surface area contributed by atoms with Gasteiger partial charge in [0.2, 0.25) is 0 Å². The highest BCUT2D eigenvalue weighted by Crippen LogP contribution is 2.34. The second kappa shape index (κ2) is 4.08. The number of aromatic nitrogens is 1. The van der Waals surface area contributed by atoms with Gasteiger partial charge in [-0.25, -0.2) is 0 Å². The van der Waals surface area contributed by atoms with E-state index < -0.39 is 0 Å². The summed E-state index contributed by atoms with van der Waals surface area (Å²) in [6, 6.07) is 20.1. The average molecular weight is 348 g/mol. The average Bonchev–Trinajstić information content (AvgIpc) is 2.87. The summed E-state index contributed by atoms with van der Waals surface area (Å²) in [4.78, 5) is 12.8.